The number of carbonyl (C=O) groups excluding carboxylic acids is 1. The Morgan fingerprint density at radius 2 is 1.85 bits per heavy atom. The smallest absolute Gasteiger partial charge is 0.363 e. The highest BCUT2D eigenvalue weighted by molar-refractivity contribution is 5.99. The molecule has 178 valence electrons. The van der Waals surface area contributed by atoms with Gasteiger partial charge in [-0.15, -0.1) is 0 Å². The first kappa shape index (κ1) is 23.6. The summed E-state index contributed by atoms with van der Waals surface area (Å²) in [6.45, 7) is 5.67. The van der Waals surface area contributed by atoms with Crippen molar-refractivity contribution < 1.29 is 26.7 Å². The van der Waals surface area contributed by atoms with Crippen LogP contribution in [0.15, 0.2) is 36.5 Å². The van der Waals surface area contributed by atoms with Gasteiger partial charge < -0.3 is 10.2 Å². The first-order valence-corrected chi connectivity index (χ1v) is 10.6. The van der Waals surface area contributed by atoms with Gasteiger partial charge in [-0.1, -0.05) is 0 Å². The molecule has 3 heterocycles. The number of fused-ring (bicyclic) bond motifs is 1. The zero-order valence-corrected chi connectivity index (χ0v) is 18.6. The number of hydrogen-bond acceptors (Lipinski definition) is 4. The van der Waals surface area contributed by atoms with Crippen LogP contribution >= 0.6 is 0 Å². The van der Waals surface area contributed by atoms with E-state index in [9.17, 15) is 22.4 Å². The molecule has 1 aliphatic rings. The largest absolute Gasteiger partial charge is 0.416 e. The van der Waals surface area contributed by atoms with E-state index in [2.05, 4.69) is 15.3 Å². The molecular formula is C24H21F5N4O. The highest BCUT2D eigenvalue weighted by Gasteiger charge is 2.32. The van der Waals surface area contributed by atoms with Crippen LogP contribution in [0.25, 0.3) is 11.3 Å². The molecule has 0 aliphatic carbocycles. The van der Waals surface area contributed by atoms with Gasteiger partial charge in [-0.2, -0.15) is 13.2 Å². The number of anilines is 1. The van der Waals surface area contributed by atoms with Gasteiger partial charge in [0.25, 0.3) is 5.91 Å². The maximum Gasteiger partial charge on any atom is 0.416 e. The molecule has 3 aromatic rings. The Balaban J connectivity index is 1.66. The predicted molar refractivity (Wildman–Crippen MR) is 116 cm³/mol. The molecule has 0 bridgehead atoms. The summed E-state index contributed by atoms with van der Waals surface area (Å²) in [5, 5.41) is 3.03. The average Bonchev–Trinajstić information content (AvgIpc) is 3.10. The zero-order chi connectivity index (χ0) is 24.8. The minimum atomic E-state index is -4.65. The van der Waals surface area contributed by atoms with E-state index < -0.39 is 29.4 Å². The highest BCUT2D eigenvalue weighted by Crippen LogP contribution is 2.35. The molecule has 0 fully saturated rings. The summed E-state index contributed by atoms with van der Waals surface area (Å²) in [7, 11) is 0. The summed E-state index contributed by atoms with van der Waals surface area (Å²) in [6, 6.07) is 4.18. The Kier molecular flexibility index (Phi) is 6.01. The van der Waals surface area contributed by atoms with Gasteiger partial charge in [0.2, 0.25) is 0 Å². The molecule has 1 N–H and O–H groups in total. The third kappa shape index (κ3) is 4.32. The van der Waals surface area contributed by atoms with Crippen molar-refractivity contribution in [2.75, 3.05) is 11.9 Å². The zero-order valence-electron chi connectivity index (χ0n) is 18.6. The van der Waals surface area contributed by atoms with Crippen molar-refractivity contribution in [3.8, 4) is 11.3 Å². The Morgan fingerprint density at radius 3 is 2.53 bits per heavy atom. The number of carbonyl (C=O) groups is 1. The molecule has 2 aromatic heterocycles. The van der Waals surface area contributed by atoms with E-state index in [0.717, 1.165) is 18.2 Å². The Hall–Kier alpha value is -3.56. The summed E-state index contributed by atoms with van der Waals surface area (Å²) >= 11 is 0. The molecule has 0 saturated carbocycles. The van der Waals surface area contributed by atoms with Crippen molar-refractivity contribution >= 4 is 11.7 Å². The molecule has 0 saturated heterocycles. The minimum Gasteiger partial charge on any atom is -0.363 e. The number of pyridine rings is 2. The number of amides is 1. The van der Waals surface area contributed by atoms with E-state index in [1.54, 1.807) is 17.9 Å². The summed E-state index contributed by atoms with van der Waals surface area (Å²) in [4.78, 5) is 22.3. The lowest BCUT2D eigenvalue weighted by atomic mass is 10.0. The first-order valence-electron chi connectivity index (χ1n) is 10.6. The molecule has 1 aliphatic heterocycles. The molecule has 4 rings (SSSR count). The second kappa shape index (κ2) is 8.66. The van der Waals surface area contributed by atoms with Gasteiger partial charge in [0.15, 0.2) is 0 Å². The second-order valence-electron chi connectivity index (χ2n) is 8.10. The van der Waals surface area contributed by atoms with E-state index in [-0.39, 0.29) is 28.4 Å². The fourth-order valence-electron chi connectivity index (χ4n) is 4.01. The number of aryl methyl sites for hydroxylation is 1. The number of alkyl halides is 3. The van der Waals surface area contributed by atoms with Gasteiger partial charge in [0.1, 0.15) is 17.5 Å². The van der Waals surface area contributed by atoms with Crippen molar-refractivity contribution in [3.05, 3.63) is 76.1 Å². The molecule has 5 nitrogen and oxygen atoms in total. The summed E-state index contributed by atoms with van der Waals surface area (Å²) in [6.07, 6.45) is -3.18. The standard InChI is InChI=1S/C24H21F5N4O/c1-4-33-11-18-15(23(33)34)5-6-30-22(18)32-13(3)16-9-20(26)17(10-19(16)25)21-8-14(24(27,28)29)7-12(2)31-21/h5-10,13H,4,11H2,1-3H3,(H,30,32). The number of aromatic nitrogens is 2. The number of benzene rings is 1. The van der Waals surface area contributed by atoms with Crippen molar-refractivity contribution in [1.82, 2.24) is 14.9 Å². The second-order valence-corrected chi connectivity index (χ2v) is 8.10. The topological polar surface area (TPSA) is 58.1 Å². The van der Waals surface area contributed by atoms with E-state index in [0.29, 0.717) is 36.1 Å². The van der Waals surface area contributed by atoms with Gasteiger partial charge in [-0.3, -0.25) is 9.78 Å². The van der Waals surface area contributed by atoms with Gasteiger partial charge in [-0.25, -0.2) is 13.8 Å². The SMILES string of the molecule is CCN1Cc2c(ccnc2NC(C)c2cc(F)c(-c3cc(C(F)(F)F)cc(C)n3)cc2F)C1=O. The minimum absolute atomic E-state index is 0.0309. The highest BCUT2D eigenvalue weighted by atomic mass is 19.4. The molecule has 10 heteroatoms. The maximum absolute atomic E-state index is 15.0. The van der Waals surface area contributed by atoms with Crippen LogP contribution in [0.1, 0.15) is 52.6 Å². The number of hydrogen-bond donors (Lipinski definition) is 1. The quantitative estimate of drug-likeness (QED) is 0.466. The third-order valence-electron chi connectivity index (χ3n) is 5.77. The van der Waals surface area contributed by atoms with Crippen molar-refractivity contribution in [2.45, 2.75) is 39.5 Å². The number of rotatable bonds is 5. The van der Waals surface area contributed by atoms with Crippen LogP contribution < -0.4 is 5.32 Å². The first-order chi connectivity index (χ1) is 16.0. The van der Waals surface area contributed by atoms with E-state index in [1.165, 1.54) is 13.1 Å². The molecule has 1 amide bonds. The summed E-state index contributed by atoms with van der Waals surface area (Å²) in [5.74, 6) is -1.46. The lowest BCUT2D eigenvalue weighted by Crippen LogP contribution is -2.22. The molecule has 1 atom stereocenters. The molecule has 0 spiro atoms. The number of halogens is 5. The normalized spacial score (nSPS) is 14.4. The lowest BCUT2D eigenvalue weighted by molar-refractivity contribution is -0.137. The predicted octanol–water partition coefficient (Wildman–Crippen LogP) is 5.90. The lowest BCUT2D eigenvalue weighted by Gasteiger charge is -2.19. The van der Waals surface area contributed by atoms with Crippen LogP contribution in [0.3, 0.4) is 0 Å². The van der Waals surface area contributed by atoms with Gasteiger partial charge in [0, 0.05) is 40.7 Å². The Morgan fingerprint density at radius 1 is 1.12 bits per heavy atom. The van der Waals surface area contributed by atoms with E-state index in [4.69, 9.17) is 0 Å². The van der Waals surface area contributed by atoms with Crippen molar-refractivity contribution in [2.24, 2.45) is 0 Å². The third-order valence-corrected chi connectivity index (χ3v) is 5.77. The number of nitrogens with zero attached hydrogens (tertiary/aromatic N) is 3. The molecule has 1 unspecified atom stereocenters. The molecular weight excluding hydrogens is 455 g/mol. The molecule has 34 heavy (non-hydrogen) atoms. The Labute approximate surface area is 192 Å². The van der Waals surface area contributed by atoms with Crippen LogP contribution in [-0.2, 0) is 12.7 Å². The molecule has 0 radical (unpaired) electrons. The van der Waals surface area contributed by atoms with Crippen LogP contribution in [-0.4, -0.2) is 27.3 Å². The van der Waals surface area contributed by atoms with Gasteiger partial charge >= 0.3 is 6.18 Å². The van der Waals surface area contributed by atoms with Crippen molar-refractivity contribution in [3.63, 3.8) is 0 Å². The Bertz CT molecular complexity index is 1270. The summed E-state index contributed by atoms with van der Waals surface area (Å²) < 4.78 is 69.4. The fraction of sp³-hybridized carbons (Fsp3) is 0.292. The maximum atomic E-state index is 15.0. The summed E-state index contributed by atoms with van der Waals surface area (Å²) in [5.41, 5.74) is -0.512. The number of nitrogens with one attached hydrogen (secondary N) is 1. The van der Waals surface area contributed by atoms with Gasteiger partial charge in [0.05, 0.1) is 23.8 Å². The van der Waals surface area contributed by atoms with Gasteiger partial charge in [-0.05, 0) is 51.1 Å². The molecule has 1 aromatic carbocycles. The average molecular weight is 476 g/mol. The van der Waals surface area contributed by atoms with Crippen molar-refractivity contribution in [1.29, 1.82) is 0 Å². The fourth-order valence-corrected chi connectivity index (χ4v) is 4.01. The van der Waals surface area contributed by atoms with Crippen LogP contribution in [0, 0.1) is 18.6 Å². The van der Waals surface area contributed by atoms with E-state index in [1.807, 2.05) is 6.92 Å². The van der Waals surface area contributed by atoms with E-state index >= 15 is 4.39 Å². The van der Waals surface area contributed by atoms with Crippen LogP contribution in [0.2, 0.25) is 0 Å². The monoisotopic (exact) mass is 476 g/mol. The van der Waals surface area contributed by atoms with Crippen LogP contribution in [0.5, 0.6) is 0 Å². The van der Waals surface area contributed by atoms with Crippen LogP contribution in [0.4, 0.5) is 27.8 Å².